The Hall–Kier alpha value is -1.68. The van der Waals surface area contributed by atoms with Crippen LogP contribution < -0.4 is 0 Å². The molecule has 0 saturated carbocycles. The van der Waals surface area contributed by atoms with Crippen LogP contribution >= 0.6 is 11.6 Å². The lowest BCUT2D eigenvalue weighted by molar-refractivity contribution is 0.112. The van der Waals surface area contributed by atoms with Crippen LogP contribution in [0, 0.1) is 5.82 Å². The van der Waals surface area contributed by atoms with E-state index in [-0.39, 0.29) is 5.56 Å². The van der Waals surface area contributed by atoms with E-state index in [0.29, 0.717) is 22.7 Å². The van der Waals surface area contributed by atoms with Gasteiger partial charge in [-0.05, 0) is 18.2 Å². The van der Waals surface area contributed by atoms with E-state index in [9.17, 15) is 9.18 Å². The lowest BCUT2D eigenvalue weighted by atomic mass is 10.1. The lowest BCUT2D eigenvalue weighted by Crippen LogP contribution is -1.91. The van der Waals surface area contributed by atoms with Gasteiger partial charge in [0.2, 0.25) is 0 Å². The van der Waals surface area contributed by atoms with Crippen molar-refractivity contribution < 1.29 is 9.18 Å². The number of benzene rings is 1. The Morgan fingerprint density at radius 2 is 2.25 bits per heavy atom. The van der Waals surface area contributed by atoms with Gasteiger partial charge >= 0.3 is 0 Å². The van der Waals surface area contributed by atoms with Crippen LogP contribution in [0.25, 0.3) is 11.3 Å². The molecule has 0 atom stereocenters. The highest BCUT2D eigenvalue weighted by Crippen LogP contribution is 2.28. The predicted molar refractivity (Wildman–Crippen MR) is 59.0 cm³/mol. The van der Waals surface area contributed by atoms with Crippen molar-refractivity contribution in [3.63, 3.8) is 0 Å². The van der Waals surface area contributed by atoms with E-state index < -0.39 is 5.82 Å². The Kier molecular flexibility index (Phi) is 2.75. The molecule has 0 radical (unpaired) electrons. The second kappa shape index (κ2) is 4.06. The molecule has 5 heteroatoms. The van der Waals surface area contributed by atoms with Gasteiger partial charge in [-0.25, -0.2) is 9.37 Å². The van der Waals surface area contributed by atoms with Crippen LogP contribution in [0.4, 0.5) is 4.39 Å². The third-order valence-corrected chi connectivity index (χ3v) is 2.71. The summed E-state index contributed by atoms with van der Waals surface area (Å²) in [6, 6.07) is 3.92. The molecule has 0 aliphatic rings. The largest absolute Gasteiger partial charge is 0.324 e. The molecule has 2 aromatic rings. The summed E-state index contributed by atoms with van der Waals surface area (Å²) in [6.07, 6.45) is 2.12. The van der Waals surface area contributed by atoms with Crippen LogP contribution in [0.3, 0.4) is 0 Å². The second-order valence-corrected chi connectivity index (χ2v) is 3.70. The van der Waals surface area contributed by atoms with Crippen molar-refractivity contribution in [3.05, 3.63) is 41.1 Å². The monoisotopic (exact) mass is 238 g/mol. The van der Waals surface area contributed by atoms with Crippen molar-refractivity contribution in [1.82, 2.24) is 9.55 Å². The van der Waals surface area contributed by atoms with Crippen LogP contribution in [0.2, 0.25) is 5.15 Å². The van der Waals surface area contributed by atoms with Gasteiger partial charge in [-0.2, -0.15) is 0 Å². The molecule has 1 heterocycles. The first kappa shape index (κ1) is 10.8. The summed E-state index contributed by atoms with van der Waals surface area (Å²) in [6.45, 7) is 0. The van der Waals surface area contributed by atoms with Gasteiger partial charge in [0.1, 0.15) is 16.7 Å². The fourth-order valence-corrected chi connectivity index (χ4v) is 1.64. The van der Waals surface area contributed by atoms with Crippen molar-refractivity contribution >= 4 is 17.9 Å². The molecule has 0 saturated heterocycles. The zero-order chi connectivity index (χ0) is 11.7. The van der Waals surface area contributed by atoms with E-state index in [1.165, 1.54) is 18.5 Å². The standard InChI is InChI=1S/C11H8ClFN2O/c1-15-6-14-10(11(15)12)9-3-2-8(13)4-7(9)5-16/h2-6H,1H3. The number of rotatable bonds is 2. The first-order valence-corrected chi connectivity index (χ1v) is 4.93. The van der Waals surface area contributed by atoms with Crippen molar-refractivity contribution in [3.8, 4) is 11.3 Å². The Morgan fingerprint density at radius 3 is 2.81 bits per heavy atom. The van der Waals surface area contributed by atoms with Gasteiger partial charge in [-0.1, -0.05) is 11.6 Å². The van der Waals surface area contributed by atoms with Crippen LogP contribution in [0.1, 0.15) is 10.4 Å². The SMILES string of the molecule is Cn1cnc(-c2ccc(F)cc2C=O)c1Cl. The zero-order valence-electron chi connectivity index (χ0n) is 8.45. The summed E-state index contributed by atoms with van der Waals surface area (Å²) >= 11 is 6.00. The Morgan fingerprint density at radius 1 is 1.50 bits per heavy atom. The number of carbonyl (C=O) groups excluding carboxylic acids is 1. The van der Waals surface area contributed by atoms with E-state index in [4.69, 9.17) is 11.6 Å². The first-order valence-electron chi connectivity index (χ1n) is 4.55. The topological polar surface area (TPSA) is 34.9 Å². The van der Waals surface area contributed by atoms with Gasteiger partial charge in [0.05, 0.1) is 6.33 Å². The van der Waals surface area contributed by atoms with Crippen molar-refractivity contribution in [2.24, 2.45) is 7.05 Å². The van der Waals surface area contributed by atoms with E-state index in [2.05, 4.69) is 4.98 Å². The van der Waals surface area contributed by atoms with Gasteiger partial charge in [0.15, 0.2) is 6.29 Å². The molecule has 0 spiro atoms. The average molecular weight is 239 g/mol. The minimum atomic E-state index is -0.460. The Balaban J connectivity index is 2.64. The normalized spacial score (nSPS) is 10.4. The Labute approximate surface area is 96.5 Å². The van der Waals surface area contributed by atoms with Crippen molar-refractivity contribution in [2.45, 2.75) is 0 Å². The average Bonchev–Trinajstić information content (AvgIpc) is 2.60. The smallest absolute Gasteiger partial charge is 0.150 e. The van der Waals surface area contributed by atoms with E-state index in [1.807, 2.05) is 0 Å². The molecule has 3 nitrogen and oxygen atoms in total. The highest BCUT2D eigenvalue weighted by Gasteiger charge is 2.13. The van der Waals surface area contributed by atoms with E-state index in [1.54, 1.807) is 11.6 Å². The lowest BCUT2D eigenvalue weighted by Gasteiger charge is -2.02. The maximum Gasteiger partial charge on any atom is 0.150 e. The third kappa shape index (κ3) is 1.72. The zero-order valence-corrected chi connectivity index (χ0v) is 9.20. The summed E-state index contributed by atoms with van der Waals surface area (Å²) in [5.74, 6) is -0.460. The first-order chi connectivity index (χ1) is 7.63. The van der Waals surface area contributed by atoms with Gasteiger partial charge in [0, 0.05) is 18.2 Å². The number of carbonyl (C=O) groups is 1. The number of halogens is 2. The van der Waals surface area contributed by atoms with E-state index >= 15 is 0 Å². The molecule has 0 N–H and O–H groups in total. The number of nitrogens with zero attached hydrogens (tertiary/aromatic N) is 2. The summed E-state index contributed by atoms with van der Waals surface area (Å²) in [5, 5.41) is 0.412. The van der Waals surface area contributed by atoms with Gasteiger partial charge in [-0.3, -0.25) is 4.79 Å². The number of aromatic nitrogens is 2. The van der Waals surface area contributed by atoms with Gasteiger partial charge < -0.3 is 4.57 Å². The molecule has 0 bridgehead atoms. The van der Waals surface area contributed by atoms with Crippen LogP contribution in [-0.2, 0) is 7.05 Å². The van der Waals surface area contributed by atoms with Gasteiger partial charge in [-0.15, -0.1) is 0 Å². The highest BCUT2D eigenvalue weighted by atomic mass is 35.5. The molecule has 0 aliphatic heterocycles. The molecule has 0 amide bonds. The number of hydrogen-bond donors (Lipinski definition) is 0. The molecular formula is C11H8ClFN2O. The molecule has 1 aromatic carbocycles. The fourth-order valence-electron chi connectivity index (χ4n) is 1.44. The molecule has 1 aromatic heterocycles. The maximum absolute atomic E-state index is 12.9. The van der Waals surface area contributed by atoms with Crippen LogP contribution in [0.5, 0.6) is 0 Å². The highest BCUT2D eigenvalue weighted by molar-refractivity contribution is 6.32. The van der Waals surface area contributed by atoms with Crippen molar-refractivity contribution in [2.75, 3.05) is 0 Å². The molecule has 82 valence electrons. The number of aldehydes is 1. The predicted octanol–water partition coefficient (Wildman–Crippen LogP) is 2.69. The molecule has 16 heavy (non-hydrogen) atoms. The molecule has 2 rings (SSSR count). The molecular weight excluding hydrogens is 231 g/mol. The Bertz CT molecular complexity index is 551. The van der Waals surface area contributed by atoms with Crippen LogP contribution in [-0.4, -0.2) is 15.8 Å². The second-order valence-electron chi connectivity index (χ2n) is 3.34. The minimum absolute atomic E-state index is 0.237. The minimum Gasteiger partial charge on any atom is -0.324 e. The molecule has 0 unspecified atom stereocenters. The summed E-state index contributed by atoms with van der Waals surface area (Å²) in [4.78, 5) is 14.9. The van der Waals surface area contributed by atoms with Gasteiger partial charge in [0.25, 0.3) is 0 Å². The fraction of sp³-hybridized carbons (Fsp3) is 0.0909. The number of imidazole rings is 1. The van der Waals surface area contributed by atoms with Crippen molar-refractivity contribution in [1.29, 1.82) is 0 Å². The maximum atomic E-state index is 12.9. The molecule has 0 aliphatic carbocycles. The summed E-state index contributed by atoms with van der Waals surface area (Å²) in [7, 11) is 1.74. The number of aryl methyl sites for hydroxylation is 1. The number of hydrogen-bond acceptors (Lipinski definition) is 2. The molecule has 0 fully saturated rings. The quantitative estimate of drug-likeness (QED) is 0.754. The third-order valence-electron chi connectivity index (χ3n) is 2.26. The summed E-state index contributed by atoms with van der Waals surface area (Å²) < 4.78 is 14.6. The summed E-state index contributed by atoms with van der Waals surface area (Å²) in [5.41, 5.74) is 1.24. The van der Waals surface area contributed by atoms with E-state index in [0.717, 1.165) is 6.07 Å². The van der Waals surface area contributed by atoms with Crippen LogP contribution in [0.15, 0.2) is 24.5 Å².